The molecular formula is C15H22N2O3S. The number of carboxylic acids is 1. The predicted molar refractivity (Wildman–Crippen MR) is 83.2 cm³/mol. The second-order valence-corrected chi connectivity index (χ2v) is 6.45. The molecule has 0 bridgehead atoms. The summed E-state index contributed by atoms with van der Waals surface area (Å²) in [6, 6.07) is 0.589. The first-order chi connectivity index (χ1) is 10.1. The van der Waals surface area contributed by atoms with Crippen molar-refractivity contribution in [2.75, 3.05) is 13.7 Å². The average Bonchev–Trinajstić information content (AvgIpc) is 2.81. The van der Waals surface area contributed by atoms with Gasteiger partial charge in [-0.05, 0) is 32.4 Å². The Morgan fingerprint density at radius 1 is 1.57 bits per heavy atom. The van der Waals surface area contributed by atoms with Gasteiger partial charge in [-0.2, -0.15) is 0 Å². The van der Waals surface area contributed by atoms with E-state index in [4.69, 9.17) is 9.84 Å². The zero-order valence-electron chi connectivity index (χ0n) is 12.5. The van der Waals surface area contributed by atoms with Crippen molar-refractivity contribution in [2.45, 2.75) is 45.4 Å². The Labute approximate surface area is 129 Å². The van der Waals surface area contributed by atoms with Gasteiger partial charge < -0.3 is 9.84 Å². The highest BCUT2D eigenvalue weighted by molar-refractivity contribution is 7.12. The minimum absolute atomic E-state index is 0.408. The van der Waals surface area contributed by atoms with Crippen LogP contribution in [0.4, 0.5) is 0 Å². The highest BCUT2D eigenvalue weighted by Gasteiger charge is 2.20. The average molecular weight is 310 g/mol. The molecule has 0 aliphatic carbocycles. The van der Waals surface area contributed by atoms with E-state index in [2.05, 4.69) is 16.8 Å². The molecule has 1 aromatic rings. The molecule has 0 saturated carbocycles. The minimum Gasteiger partial charge on any atom is -0.478 e. The van der Waals surface area contributed by atoms with Gasteiger partial charge >= 0.3 is 5.97 Å². The molecule has 2 heterocycles. The topological polar surface area (TPSA) is 62.7 Å². The summed E-state index contributed by atoms with van der Waals surface area (Å²) in [6.07, 6.45) is 6.54. The van der Waals surface area contributed by atoms with Crippen LogP contribution in [0.5, 0.6) is 0 Å². The lowest BCUT2D eigenvalue weighted by atomic mass is 10.0. The van der Waals surface area contributed by atoms with Crippen LogP contribution in [0, 0.1) is 0 Å². The number of aliphatic carboxylic acids is 1. The summed E-state index contributed by atoms with van der Waals surface area (Å²) in [5, 5.41) is 9.78. The molecule has 0 spiro atoms. The van der Waals surface area contributed by atoms with Crippen LogP contribution in [0.3, 0.4) is 0 Å². The number of aromatic nitrogens is 1. The maximum absolute atomic E-state index is 10.7. The number of hydrogen-bond acceptors (Lipinski definition) is 5. The fraction of sp³-hybridized carbons (Fsp3) is 0.600. The van der Waals surface area contributed by atoms with Crippen molar-refractivity contribution >= 4 is 23.4 Å². The molecule has 0 amide bonds. The first-order valence-corrected chi connectivity index (χ1v) is 8.04. The van der Waals surface area contributed by atoms with Crippen LogP contribution in [0.1, 0.15) is 41.8 Å². The lowest BCUT2D eigenvalue weighted by molar-refractivity contribution is -0.131. The largest absolute Gasteiger partial charge is 0.478 e. The SMILES string of the molecule is COCc1nc(CN2CCCCC2C)sc1/C=C/C(=O)O. The molecule has 0 radical (unpaired) electrons. The van der Waals surface area contributed by atoms with Crippen molar-refractivity contribution in [1.82, 2.24) is 9.88 Å². The van der Waals surface area contributed by atoms with Crippen molar-refractivity contribution < 1.29 is 14.6 Å². The third-order valence-corrected chi connectivity index (χ3v) is 4.76. The van der Waals surface area contributed by atoms with E-state index < -0.39 is 5.97 Å². The molecule has 1 aliphatic heterocycles. The van der Waals surface area contributed by atoms with E-state index in [-0.39, 0.29) is 0 Å². The van der Waals surface area contributed by atoms with Crippen LogP contribution in [-0.4, -0.2) is 40.7 Å². The third kappa shape index (κ3) is 4.62. The van der Waals surface area contributed by atoms with Crippen molar-refractivity contribution in [3.63, 3.8) is 0 Å². The molecule has 1 atom stereocenters. The number of likely N-dealkylation sites (tertiary alicyclic amines) is 1. The normalized spacial score (nSPS) is 20.2. The Kier molecular flexibility index (Phi) is 5.90. The number of ether oxygens (including phenoxy) is 1. The quantitative estimate of drug-likeness (QED) is 0.819. The summed E-state index contributed by atoms with van der Waals surface area (Å²) >= 11 is 1.55. The van der Waals surface area contributed by atoms with Gasteiger partial charge in [-0.25, -0.2) is 9.78 Å². The summed E-state index contributed by atoms with van der Waals surface area (Å²) in [5.74, 6) is -0.946. The minimum atomic E-state index is -0.946. The van der Waals surface area contributed by atoms with Crippen LogP contribution >= 0.6 is 11.3 Å². The van der Waals surface area contributed by atoms with Crippen molar-refractivity contribution in [1.29, 1.82) is 0 Å². The molecule has 1 saturated heterocycles. The number of rotatable bonds is 6. The summed E-state index contributed by atoms with van der Waals surface area (Å²) in [6.45, 7) is 4.61. The Balaban J connectivity index is 2.12. The summed E-state index contributed by atoms with van der Waals surface area (Å²) in [5.41, 5.74) is 0.819. The molecule has 1 aromatic heterocycles. The summed E-state index contributed by atoms with van der Waals surface area (Å²) in [7, 11) is 1.62. The Hall–Kier alpha value is -1.24. The van der Waals surface area contributed by atoms with Gasteiger partial charge in [-0.1, -0.05) is 6.42 Å². The monoisotopic (exact) mass is 310 g/mol. The van der Waals surface area contributed by atoms with Crippen LogP contribution in [0.25, 0.3) is 6.08 Å². The van der Waals surface area contributed by atoms with E-state index in [1.807, 2.05) is 0 Å². The molecule has 1 N–H and O–H groups in total. The number of hydrogen-bond donors (Lipinski definition) is 1. The molecular weight excluding hydrogens is 288 g/mol. The van der Waals surface area contributed by atoms with Gasteiger partial charge in [0.05, 0.1) is 23.7 Å². The molecule has 0 aromatic carbocycles. The molecule has 1 aliphatic rings. The van der Waals surface area contributed by atoms with Crippen LogP contribution in [0.2, 0.25) is 0 Å². The fourth-order valence-corrected chi connectivity index (χ4v) is 3.56. The molecule has 2 rings (SSSR count). The number of piperidine rings is 1. The van der Waals surface area contributed by atoms with Crippen LogP contribution in [0.15, 0.2) is 6.08 Å². The first-order valence-electron chi connectivity index (χ1n) is 7.22. The number of carboxylic acid groups (broad SMARTS) is 1. The summed E-state index contributed by atoms with van der Waals surface area (Å²) < 4.78 is 5.15. The van der Waals surface area contributed by atoms with Gasteiger partial charge in [0.1, 0.15) is 5.01 Å². The van der Waals surface area contributed by atoms with E-state index in [0.29, 0.717) is 12.6 Å². The Bertz CT molecular complexity index is 513. The van der Waals surface area contributed by atoms with Gasteiger partial charge in [0.2, 0.25) is 0 Å². The highest BCUT2D eigenvalue weighted by atomic mass is 32.1. The van der Waals surface area contributed by atoms with E-state index in [1.165, 1.54) is 19.3 Å². The van der Waals surface area contributed by atoms with E-state index in [9.17, 15) is 4.79 Å². The first kappa shape index (κ1) is 16.1. The third-order valence-electron chi connectivity index (χ3n) is 3.71. The number of nitrogens with zero attached hydrogens (tertiary/aromatic N) is 2. The van der Waals surface area contributed by atoms with Gasteiger partial charge in [-0.15, -0.1) is 11.3 Å². The van der Waals surface area contributed by atoms with E-state index in [0.717, 1.165) is 34.7 Å². The zero-order chi connectivity index (χ0) is 15.2. The van der Waals surface area contributed by atoms with Gasteiger partial charge in [0, 0.05) is 19.2 Å². The van der Waals surface area contributed by atoms with Gasteiger partial charge in [-0.3, -0.25) is 4.90 Å². The van der Waals surface area contributed by atoms with Crippen LogP contribution < -0.4 is 0 Å². The lowest BCUT2D eigenvalue weighted by Gasteiger charge is -2.32. The van der Waals surface area contributed by atoms with Crippen molar-refractivity contribution in [3.05, 3.63) is 21.7 Å². The van der Waals surface area contributed by atoms with Gasteiger partial charge in [0.15, 0.2) is 0 Å². The standard InChI is InChI=1S/C15H22N2O3S/c1-11-5-3-4-8-17(11)9-14-16-12(10-20-2)13(21-14)6-7-15(18)19/h6-7,11H,3-5,8-10H2,1-2H3,(H,18,19)/b7-6+. The maximum Gasteiger partial charge on any atom is 0.328 e. The molecule has 1 unspecified atom stereocenters. The highest BCUT2D eigenvalue weighted by Crippen LogP contribution is 2.25. The molecule has 1 fully saturated rings. The second kappa shape index (κ2) is 7.68. The second-order valence-electron chi connectivity index (χ2n) is 5.34. The van der Waals surface area contributed by atoms with Gasteiger partial charge in [0.25, 0.3) is 0 Å². The van der Waals surface area contributed by atoms with Crippen LogP contribution in [-0.2, 0) is 22.7 Å². The smallest absolute Gasteiger partial charge is 0.328 e. The fourth-order valence-electron chi connectivity index (χ4n) is 2.57. The van der Waals surface area contributed by atoms with Crippen molar-refractivity contribution in [3.8, 4) is 0 Å². The lowest BCUT2D eigenvalue weighted by Crippen LogP contribution is -2.36. The maximum atomic E-state index is 10.7. The Morgan fingerprint density at radius 2 is 2.38 bits per heavy atom. The van der Waals surface area contributed by atoms with E-state index >= 15 is 0 Å². The zero-order valence-corrected chi connectivity index (χ0v) is 13.4. The predicted octanol–water partition coefficient (Wildman–Crippen LogP) is 2.76. The molecule has 5 nitrogen and oxygen atoms in total. The molecule has 21 heavy (non-hydrogen) atoms. The molecule has 6 heteroatoms. The number of thiazole rings is 1. The number of methoxy groups -OCH3 is 1. The molecule has 116 valence electrons. The summed E-state index contributed by atoms with van der Waals surface area (Å²) in [4.78, 5) is 18.6. The Morgan fingerprint density at radius 3 is 3.05 bits per heavy atom. The van der Waals surface area contributed by atoms with Crippen molar-refractivity contribution in [2.24, 2.45) is 0 Å². The number of carbonyl (C=O) groups is 1. The van der Waals surface area contributed by atoms with E-state index in [1.54, 1.807) is 24.5 Å².